The number of aryl methyl sites for hydroxylation is 1. The molecule has 162 valence electrons. The molecule has 32 heavy (non-hydrogen) atoms. The number of benzene rings is 2. The highest BCUT2D eigenvalue weighted by Crippen LogP contribution is 2.42. The molecule has 5 rings (SSSR count). The molecule has 1 aliphatic heterocycles. The number of hydrogen-bond acceptors (Lipinski definition) is 6. The van der Waals surface area contributed by atoms with Crippen LogP contribution >= 0.6 is 0 Å². The van der Waals surface area contributed by atoms with E-state index < -0.39 is 6.10 Å². The van der Waals surface area contributed by atoms with Crippen LogP contribution in [-0.4, -0.2) is 55.5 Å². The summed E-state index contributed by atoms with van der Waals surface area (Å²) in [6, 6.07) is 12.8. The Morgan fingerprint density at radius 3 is 2.44 bits per heavy atom. The number of carbonyl (C=O) groups excluding carboxylic acids is 2. The first-order valence-corrected chi connectivity index (χ1v) is 10.8. The summed E-state index contributed by atoms with van der Waals surface area (Å²) in [4.78, 5) is 34.1. The van der Waals surface area contributed by atoms with Crippen LogP contribution in [-0.2, 0) is 0 Å². The van der Waals surface area contributed by atoms with Gasteiger partial charge in [0, 0.05) is 23.4 Å². The van der Waals surface area contributed by atoms with Gasteiger partial charge in [0.2, 0.25) is 0 Å². The minimum Gasteiger partial charge on any atom is -0.478 e. The van der Waals surface area contributed by atoms with Crippen LogP contribution in [0.2, 0.25) is 0 Å². The van der Waals surface area contributed by atoms with Crippen LogP contribution in [0.1, 0.15) is 32.7 Å². The van der Waals surface area contributed by atoms with Gasteiger partial charge in [-0.25, -0.2) is 4.99 Å². The molecule has 1 unspecified atom stereocenters. The van der Waals surface area contributed by atoms with Crippen molar-refractivity contribution < 1.29 is 14.3 Å². The summed E-state index contributed by atoms with van der Waals surface area (Å²) < 4.78 is 6.26. The number of fused-ring (bicyclic) bond motifs is 4. The van der Waals surface area contributed by atoms with Crippen LogP contribution in [0.4, 0.5) is 5.69 Å². The fraction of sp³-hybridized carbons (Fsp3) is 0.269. The van der Waals surface area contributed by atoms with Gasteiger partial charge in [0.1, 0.15) is 11.4 Å². The average Bonchev–Trinajstić information content (AvgIpc) is 2.78. The van der Waals surface area contributed by atoms with E-state index in [0.717, 1.165) is 18.5 Å². The number of Topliss-reactive ketones (excluding diaryl/α,β-unsaturated/α-hetero) is 2. The largest absolute Gasteiger partial charge is 0.478 e. The summed E-state index contributed by atoms with van der Waals surface area (Å²) in [7, 11) is 4.05. The number of nitrogens with one attached hydrogen (secondary N) is 1. The van der Waals surface area contributed by atoms with Crippen LogP contribution in [0.3, 0.4) is 0 Å². The molecule has 0 spiro atoms. The van der Waals surface area contributed by atoms with E-state index in [2.05, 4.69) is 10.2 Å². The Morgan fingerprint density at radius 2 is 1.72 bits per heavy atom. The maximum atomic E-state index is 13.6. The molecular formula is C26H25N3O3. The minimum atomic E-state index is -0.526. The number of hydrogen-bond donors (Lipinski definition) is 1. The van der Waals surface area contributed by atoms with Crippen molar-refractivity contribution in [2.45, 2.75) is 19.4 Å². The van der Waals surface area contributed by atoms with E-state index >= 15 is 0 Å². The Kier molecular flexibility index (Phi) is 5.02. The maximum Gasteiger partial charge on any atom is 0.196 e. The second-order valence-corrected chi connectivity index (χ2v) is 8.57. The van der Waals surface area contributed by atoms with E-state index in [0.29, 0.717) is 51.7 Å². The van der Waals surface area contributed by atoms with E-state index in [1.807, 2.05) is 45.3 Å². The van der Waals surface area contributed by atoms with Crippen molar-refractivity contribution in [2.75, 3.05) is 27.2 Å². The predicted octanol–water partition coefficient (Wildman–Crippen LogP) is 3.64. The number of ether oxygens (including phenoxy) is 1. The summed E-state index contributed by atoms with van der Waals surface area (Å²) in [5.41, 5.74) is 4.42. The zero-order chi connectivity index (χ0) is 22.4. The molecule has 0 amide bonds. The van der Waals surface area contributed by atoms with Crippen molar-refractivity contribution in [3.05, 3.63) is 82.1 Å². The molecule has 1 heterocycles. The fourth-order valence-corrected chi connectivity index (χ4v) is 4.44. The molecule has 1 N–H and O–H groups in total. The van der Waals surface area contributed by atoms with Gasteiger partial charge in [-0.2, -0.15) is 0 Å². The fourth-order valence-electron chi connectivity index (χ4n) is 4.44. The zero-order valence-corrected chi connectivity index (χ0v) is 18.4. The molecule has 0 saturated heterocycles. The summed E-state index contributed by atoms with van der Waals surface area (Å²) in [6.07, 6.45) is 2.26. The molecule has 0 aromatic heterocycles. The average molecular weight is 428 g/mol. The van der Waals surface area contributed by atoms with E-state index in [9.17, 15) is 9.59 Å². The SMILES string of the molecule is Cc1cccc2c1N=C1C3=C(C(=O)c4ccccc4C3=O)C(NCCCN(C)C)=CC1O2. The molecule has 3 aliphatic rings. The van der Waals surface area contributed by atoms with Crippen LogP contribution < -0.4 is 10.1 Å². The quantitative estimate of drug-likeness (QED) is 0.738. The van der Waals surface area contributed by atoms with Gasteiger partial charge in [0.15, 0.2) is 17.7 Å². The van der Waals surface area contributed by atoms with Crippen LogP contribution in [0.15, 0.2) is 70.4 Å². The summed E-state index contributed by atoms with van der Waals surface area (Å²) in [5, 5.41) is 3.39. The summed E-state index contributed by atoms with van der Waals surface area (Å²) in [6.45, 7) is 3.56. The van der Waals surface area contributed by atoms with Crippen molar-refractivity contribution in [1.29, 1.82) is 0 Å². The third-order valence-corrected chi connectivity index (χ3v) is 6.02. The monoisotopic (exact) mass is 427 g/mol. The van der Waals surface area contributed by atoms with E-state index in [1.165, 1.54) is 0 Å². The molecule has 2 aliphatic carbocycles. The lowest BCUT2D eigenvalue weighted by atomic mass is 9.76. The van der Waals surface area contributed by atoms with Crippen molar-refractivity contribution in [3.8, 4) is 5.75 Å². The molecule has 2 aromatic rings. The molecule has 1 atom stereocenters. The first-order valence-electron chi connectivity index (χ1n) is 10.8. The van der Waals surface area contributed by atoms with Gasteiger partial charge in [-0.1, -0.05) is 36.4 Å². The molecule has 0 radical (unpaired) electrons. The lowest BCUT2D eigenvalue weighted by Gasteiger charge is -2.34. The Bertz CT molecular complexity index is 1240. The first kappa shape index (κ1) is 20.4. The smallest absolute Gasteiger partial charge is 0.196 e. The maximum absolute atomic E-state index is 13.6. The summed E-state index contributed by atoms with van der Waals surface area (Å²) in [5.74, 6) is 0.347. The Labute approximate surface area is 187 Å². The van der Waals surface area contributed by atoms with Crippen molar-refractivity contribution in [2.24, 2.45) is 4.99 Å². The zero-order valence-electron chi connectivity index (χ0n) is 18.4. The van der Waals surface area contributed by atoms with Gasteiger partial charge in [-0.15, -0.1) is 0 Å². The first-order chi connectivity index (χ1) is 15.5. The molecule has 0 bridgehead atoms. The number of aliphatic imine (C=N–C) groups is 1. The Balaban J connectivity index is 1.63. The van der Waals surface area contributed by atoms with Gasteiger partial charge < -0.3 is 15.0 Å². The van der Waals surface area contributed by atoms with Crippen LogP contribution in [0.5, 0.6) is 5.75 Å². The third kappa shape index (κ3) is 3.28. The number of rotatable bonds is 5. The van der Waals surface area contributed by atoms with Crippen molar-refractivity contribution >= 4 is 23.0 Å². The third-order valence-electron chi connectivity index (χ3n) is 6.02. The highest BCUT2D eigenvalue weighted by Gasteiger charge is 2.43. The predicted molar refractivity (Wildman–Crippen MR) is 124 cm³/mol. The van der Waals surface area contributed by atoms with Gasteiger partial charge in [-0.05, 0) is 51.7 Å². The second kappa shape index (κ2) is 7.88. The topological polar surface area (TPSA) is 71.0 Å². The lowest BCUT2D eigenvalue weighted by Crippen LogP contribution is -2.42. The van der Waals surface area contributed by atoms with E-state index in [1.54, 1.807) is 24.3 Å². The van der Waals surface area contributed by atoms with Crippen molar-refractivity contribution in [1.82, 2.24) is 10.2 Å². The number of allylic oxidation sites excluding steroid dienone is 1. The highest BCUT2D eigenvalue weighted by molar-refractivity contribution is 6.40. The number of nitrogens with zero attached hydrogens (tertiary/aromatic N) is 2. The molecule has 6 heteroatoms. The minimum absolute atomic E-state index is 0.154. The Hall–Kier alpha value is -3.51. The molecule has 0 fully saturated rings. The summed E-state index contributed by atoms with van der Waals surface area (Å²) >= 11 is 0. The molecule has 2 aromatic carbocycles. The normalized spacial score (nSPS) is 18.8. The number of ketones is 2. The van der Waals surface area contributed by atoms with Crippen LogP contribution in [0, 0.1) is 6.92 Å². The highest BCUT2D eigenvalue weighted by atomic mass is 16.5. The molecule has 6 nitrogen and oxygen atoms in total. The Morgan fingerprint density at radius 1 is 1.00 bits per heavy atom. The number of para-hydroxylation sites is 1. The lowest BCUT2D eigenvalue weighted by molar-refractivity contribution is 0.0978. The standard InChI is InChI=1S/C26H25N3O3/c1-15-8-6-11-19-23(15)28-24-20(32-19)14-18(27-12-7-13-29(2)3)21-22(24)26(31)17-10-5-4-9-16(17)25(21)30/h4-6,8-11,14,20,27H,7,12-13H2,1-3H3. The molecular weight excluding hydrogens is 402 g/mol. The van der Waals surface area contributed by atoms with Crippen molar-refractivity contribution in [3.63, 3.8) is 0 Å². The van der Waals surface area contributed by atoms with Gasteiger partial charge in [0.05, 0.1) is 16.9 Å². The van der Waals surface area contributed by atoms with Crippen LogP contribution in [0.25, 0.3) is 0 Å². The molecule has 0 saturated carbocycles. The van der Waals surface area contributed by atoms with Gasteiger partial charge in [-0.3, -0.25) is 9.59 Å². The van der Waals surface area contributed by atoms with E-state index in [-0.39, 0.29) is 11.6 Å². The number of carbonyl (C=O) groups is 2. The van der Waals surface area contributed by atoms with Gasteiger partial charge >= 0.3 is 0 Å². The van der Waals surface area contributed by atoms with E-state index in [4.69, 9.17) is 9.73 Å². The second-order valence-electron chi connectivity index (χ2n) is 8.57. The van der Waals surface area contributed by atoms with Gasteiger partial charge in [0.25, 0.3) is 0 Å².